The smallest absolute Gasteiger partial charge is 0.220 e. The van der Waals surface area contributed by atoms with Gasteiger partial charge in [-0.15, -0.1) is 0 Å². The van der Waals surface area contributed by atoms with Crippen molar-refractivity contribution < 1.29 is 9.90 Å². The summed E-state index contributed by atoms with van der Waals surface area (Å²) in [5, 5.41) is 12.0. The fraction of sp³-hybridized carbons (Fsp3) is 0.500. The number of amides is 1. The van der Waals surface area contributed by atoms with Crippen LogP contribution in [0.5, 0.6) is 0 Å². The molecule has 0 aliphatic rings. The third-order valence-corrected chi connectivity index (χ3v) is 2.97. The van der Waals surface area contributed by atoms with E-state index in [-0.39, 0.29) is 24.5 Å². The van der Waals surface area contributed by atoms with Crippen molar-refractivity contribution >= 4 is 11.6 Å². The molecule has 0 fully saturated rings. The van der Waals surface area contributed by atoms with Crippen molar-refractivity contribution in [3.8, 4) is 0 Å². The maximum absolute atomic E-state index is 11.7. The van der Waals surface area contributed by atoms with Gasteiger partial charge in [-0.2, -0.15) is 0 Å². The third-order valence-electron chi connectivity index (χ3n) is 2.97. The first-order valence-corrected chi connectivity index (χ1v) is 6.27. The molecule has 0 radical (unpaired) electrons. The SMILES string of the molecule is CC(C)C(CO)NC(=O)CCc1ccc(N)cc1. The van der Waals surface area contributed by atoms with Gasteiger partial charge in [0.15, 0.2) is 0 Å². The molecule has 0 aliphatic carbocycles. The number of carbonyl (C=O) groups is 1. The van der Waals surface area contributed by atoms with E-state index in [4.69, 9.17) is 10.8 Å². The van der Waals surface area contributed by atoms with Crippen molar-refractivity contribution in [1.82, 2.24) is 5.32 Å². The van der Waals surface area contributed by atoms with Crippen LogP contribution in [0.1, 0.15) is 25.8 Å². The maximum Gasteiger partial charge on any atom is 0.220 e. The Morgan fingerprint density at radius 1 is 1.33 bits per heavy atom. The summed E-state index contributed by atoms with van der Waals surface area (Å²) in [6.07, 6.45) is 1.11. The second-order valence-electron chi connectivity index (χ2n) is 4.84. The van der Waals surface area contributed by atoms with Gasteiger partial charge in [-0.3, -0.25) is 4.79 Å². The molecule has 0 saturated heterocycles. The highest BCUT2D eigenvalue weighted by Gasteiger charge is 2.14. The predicted octanol–water partition coefficient (Wildman–Crippen LogP) is 1.33. The molecule has 1 atom stereocenters. The van der Waals surface area contributed by atoms with E-state index >= 15 is 0 Å². The average Bonchev–Trinajstić information content (AvgIpc) is 2.35. The molecule has 0 bridgehead atoms. The molecular formula is C14H22N2O2. The van der Waals surface area contributed by atoms with Gasteiger partial charge >= 0.3 is 0 Å². The lowest BCUT2D eigenvalue weighted by molar-refractivity contribution is -0.122. The topological polar surface area (TPSA) is 75.3 Å². The highest BCUT2D eigenvalue weighted by Crippen LogP contribution is 2.08. The van der Waals surface area contributed by atoms with Crippen LogP contribution in [0.4, 0.5) is 5.69 Å². The molecule has 0 saturated carbocycles. The van der Waals surface area contributed by atoms with Crippen molar-refractivity contribution in [2.45, 2.75) is 32.7 Å². The quantitative estimate of drug-likeness (QED) is 0.667. The minimum atomic E-state index is -0.163. The molecule has 100 valence electrons. The number of nitrogens with two attached hydrogens (primary N) is 1. The van der Waals surface area contributed by atoms with Gasteiger partial charge in [-0.05, 0) is 30.0 Å². The van der Waals surface area contributed by atoms with Crippen molar-refractivity contribution in [3.05, 3.63) is 29.8 Å². The summed E-state index contributed by atoms with van der Waals surface area (Å²) >= 11 is 0. The predicted molar refractivity (Wildman–Crippen MR) is 73.0 cm³/mol. The van der Waals surface area contributed by atoms with Crippen LogP contribution in [0.25, 0.3) is 0 Å². The van der Waals surface area contributed by atoms with Gasteiger partial charge in [-0.1, -0.05) is 26.0 Å². The normalized spacial score (nSPS) is 12.4. The largest absolute Gasteiger partial charge is 0.399 e. The number of hydrogen-bond acceptors (Lipinski definition) is 3. The Balaban J connectivity index is 2.39. The van der Waals surface area contributed by atoms with Crippen LogP contribution in [0.15, 0.2) is 24.3 Å². The molecule has 0 aliphatic heterocycles. The molecule has 1 aromatic carbocycles. The van der Waals surface area contributed by atoms with Gasteiger partial charge in [-0.25, -0.2) is 0 Å². The van der Waals surface area contributed by atoms with Gasteiger partial charge in [0, 0.05) is 12.1 Å². The Labute approximate surface area is 108 Å². The first-order chi connectivity index (χ1) is 8.52. The molecule has 0 spiro atoms. The minimum absolute atomic E-state index is 0.0225. The first-order valence-electron chi connectivity index (χ1n) is 6.27. The van der Waals surface area contributed by atoms with Crippen LogP contribution in [0.3, 0.4) is 0 Å². The van der Waals surface area contributed by atoms with Crippen molar-refractivity contribution in [3.63, 3.8) is 0 Å². The number of aryl methyl sites for hydroxylation is 1. The Morgan fingerprint density at radius 2 is 1.94 bits per heavy atom. The summed E-state index contributed by atoms with van der Waals surface area (Å²) in [4.78, 5) is 11.7. The summed E-state index contributed by atoms with van der Waals surface area (Å²) in [5.74, 6) is 0.204. The summed E-state index contributed by atoms with van der Waals surface area (Å²) in [6.45, 7) is 3.92. The Hall–Kier alpha value is -1.55. The van der Waals surface area contributed by atoms with Crippen molar-refractivity contribution in [2.75, 3.05) is 12.3 Å². The van der Waals surface area contributed by atoms with Crippen LogP contribution in [0, 0.1) is 5.92 Å². The van der Waals surface area contributed by atoms with Crippen molar-refractivity contribution in [1.29, 1.82) is 0 Å². The highest BCUT2D eigenvalue weighted by molar-refractivity contribution is 5.76. The van der Waals surface area contributed by atoms with Gasteiger partial charge < -0.3 is 16.2 Å². The van der Waals surface area contributed by atoms with Gasteiger partial charge in [0.05, 0.1) is 12.6 Å². The van der Waals surface area contributed by atoms with Crippen LogP contribution in [0.2, 0.25) is 0 Å². The molecule has 1 amide bonds. The second-order valence-corrected chi connectivity index (χ2v) is 4.84. The number of nitrogens with one attached hydrogen (secondary N) is 1. The van der Waals surface area contributed by atoms with Crippen LogP contribution < -0.4 is 11.1 Å². The number of carbonyl (C=O) groups excluding carboxylic acids is 1. The number of aliphatic hydroxyl groups excluding tert-OH is 1. The zero-order chi connectivity index (χ0) is 13.5. The molecular weight excluding hydrogens is 228 g/mol. The summed E-state index contributed by atoms with van der Waals surface area (Å²) < 4.78 is 0. The van der Waals surface area contributed by atoms with E-state index in [1.807, 2.05) is 38.1 Å². The molecule has 4 nitrogen and oxygen atoms in total. The fourth-order valence-corrected chi connectivity index (χ4v) is 1.64. The lowest BCUT2D eigenvalue weighted by atomic mass is 10.0. The van der Waals surface area contributed by atoms with Crippen LogP contribution in [-0.4, -0.2) is 23.7 Å². The van der Waals surface area contributed by atoms with Gasteiger partial charge in [0.1, 0.15) is 0 Å². The fourth-order valence-electron chi connectivity index (χ4n) is 1.64. The molecule has 0 heterocycles. The van der Waals surface area contributed by atoms with E-state index in [0.29, 0.717) is 12.8 Å². The van der Waals surface area contributed by atoms with E-state index in [1.165, 1.54) is 0 Å². The molecule has 1 rings (SSSR count). The molecule has 4 heteroatoms. The summed E-state index contributed by atoms with van der Waals surface area (Å²) in [7, 11) is 0. The lowest BCUT2D eigenvalue weighted by Gasteiger charge is -2.19. The number of anilines is 1. The van der Waals surface area contributed by atoms with E-state index in [9.17, 15) is 4.79 Å². The van der Waals surface area contributed by atoms with Crippen LogP contribution >= 0.6 is 0 Å². The average molecular weight is 250 g/mol. The maximum atomic E-state index is 11.7. The van der Waals surface area contributed by atoms with Gasteiger partial charge in [0.25, 0.3) is 0 Å². The van der Waals surface area contributed by atoms with Crippen LogP contribution in [-0.2, 0) is 11.2 Å². The monoisotopic (exact) mass is 250 g/mol. The highest BCUT2D eigenvalue weighted by atomic mass is 16.3. The van der Waals surface area contributed by atoms with Crippen molar-refractivity contribution in [2.24, 2.45) is 5.92 Å². The Bertz CT molecular complexity index is 374. The molecule has 1 aromatic rings. The summed E-state index contributed by atoms with van der Waals surface area (Å²) in [6, 6.07) is 7.35. The summed E-state index contributed by atoms with van der Waals surface area (Å²) in [5.41, 5.74) is 7.41. The second kappa shape index (κ2) is 7.01. The number of benzene rings is 1. The van der Waals surface area contributed by atoms with E-state index in [0.717, 1.165) is 11.3 Å². The minimum Gasteiger partial charge on any atom is -0.399 e. The number of nitrogen functional groups attached to an aromatic ring is 1. The zero-order valence-corrected chi connectivity index (χ0v) is 11.0. The zero-order valence-electron chi connectivity index (χ0n) is 11.0. The molecule has 1 unspecified atom stereocenters. The Morgan fingerprint density at radius 3 is 2.44 bits per heavy atom. The lowest BCUT2D eigenvalue weighted by Crippen LogP contribution is -2.41. The molecule has 4 N–H and O–H groups in total. The number of hydrogen-bond donors (Lipinski definition) is 3. The van der Waals surface area contributed by atoms with Gasteiger partial charge in [0.2, 0.25) is 5.91 Å². The standard InChI is InChI=1S/C14H22N2O2/c1-10(2)13(9-17)16-14(18)8-5-11-3-6-12(15)7-4-11/h3-4,6-7,10,13,17H,5,8-9,15H2,1-2H3,(H,16,18). The first kappa shape index (κ1) is 14.5. The van der Waals surface area contributed by atoms with E-state index in [2.05, 4.69) is 5.32 Å². The number of aliphatic hydroxyl groups is 1. The van der Waals surface area contributed by atoms with E-state index in [1.54, 1.807) is 0 Å². The molecule has 18 heavy (non-hydrogen) atoms. The number of rotatable bonds is 6. The third kappa shape index (κ3) is 4.75. The Kier molecular flexibility index (Phi) is 5.65. The van der Waals surface area contributed by atoms with E-state index < -0.39 is 0 Å². The molecule has 0 aromatic heterocycles.